The maximum absolute atomic E-state index is 12.9. The van der Waals surface area contributed by atoms with E-state index in [1.54, 1.807) is 25.7 Å². The molecule has 1 rings (SSSR count). The molecule has 1 heterocycles. The lowest BCUT2D eigenvalue weighted by molar-refractivity contribution is -0.0406. The molecule has 1 aliphatic heterocycles. The Balaban J connectivity index is 2.48. The Kier molecular flexibility index (Phi) is 5.92. The molecule has 1 saturated heterocycles. The predicted molar refractivity (Wildman–Crippen MR) is 77.9 cm³/mol. The zero-order valence-electron chi connectivity index (χ0n) is 13.2. The molecule has 0 aromatic heterocycles. The minimum absolute atomic E-state index is 0.0167. The summed E-state index contributed by atoms with van der Waals surface area (Å²) >= 11 is 0. The average Bonchev–Trinajstić information content (AvgIpc) is 2.43. The molecule has 0 aromatic carbocycles. The van der Waals surface area contributed by atoms with Crippen LogP contribution in [-0.4, -0.2) is 77.8 Å². The second-order valence-corrected chi connectivity index (χ2v) is 6.14. The van der Waals surface area contributed by atoms with Gasteiger partial charge in [-0.25, -0.2) is 18.6 Å². The second-order valence-electron chi connectivity index (χ2n) is 6.14. The molecule has 0 atom stereocenters. The summed E-state index contributed by atoms with van der Waals surface area (Å²) in [6.07, 6.45) is -0.408. The van der Waals surface area contributed by atoms with Gasteiger partial charge in [0.25, 0.3) is 5.92 Å². The van der Waals surface area contributed by atoms with Crippen molar-refractivity contribution in [3.63, 3.8) is 0 Å². The third-order valence-electron chi connectivity index (χ3n) is 2.96. The van der Waals surface area contributed by atoms with Gasteiger partial charge in [-0.3, -0.25) is 0 Å². The van der Waals surface area contributed by atoms with Gasteiger partial charge in [0.15, 0.2) is 5.96 Å². The highest BCUT2D eigenvalue weighted by Gasteiger charge is 2.29. The molecule has 0 radical (unpaired) electrons. The summed E-state index contributed by atoms with van der Waals surface area (Å²) in [5.74, 6) is -3.29. The van der Waals surface area contributed by atoms with Crippen molar-refractivity contribution in [1.29, 1.82) is 0 Å². The molecule has 128 valence electrons. The van der Waals surface area contributed by atoms with E-state index in [-0.39, 0.29) is 5.96 Å². The number of aliphatic hydroxyl groups is 1. The molecule has 7 nitrogen and oxygen atoms in total. The number of carbonyl (C=O) groups is 1. The van der Waals surface area contributed by atoms with Crippen LogP contribution in [0.1, 0.15) is 20.8 Å². The number of piperazine rings is 1. The highest BCUT2D eigenvalue weighted by atomic mass is 19.3. The molecule has 9 heteroatoms. The molecule has 22 heavy (non-hydrogen) atoms. The van der Waals surface area contributed by atoms with E-state index in [0.717, 1.165) is 0 Å². The van der Waals surface area contributed by atoms with Gasteiger partial charge < -0.3 is 25.4 Å². The Hall–Kier alpha value is -1.64. The highest BCUT2D eigenvalue weighted by molar-refractivity contribution is 5.78. The van der Waals surface area contributed by atoms with E-state index in [1.807, 2.05) is 0 Å². The summed E-state index contributed by atoms with van der Waals surface area (Å²) in [6, 6.07) is 0. The Bertz CT molecular complexity index is 416. The molecule has 0 aliphatic carbocycles. The van der Waals surface area contributed by atoms with Gasteiger partial charge in [0, 0.05) is 26.2 Å². The van der Waals surface area contributed by atoms with E-state index in [1.165, 1.54) is 4.90 Å². The van der Waals surface area contributed by atoms with Crippen molar-refractivity contribution in [1.82, 2.24) is 9.80 Å². The van der Waals surface area contributed by atoms with Crippen LogP contribution < -0.4 is 5.73 Å². The third-order valence-corrected chi connectivity index (χ3v) is 2.96. The van der Waals surface area contributed by atoms with Gasteiger partial charge in [-0.15, -0.1) is 0 Å². The Labute approximate surface area is 128 Å². The van der Waals surface area contributed by atoms with Gasteiger partial charge in [-0.1, -0.05) is 0 Å². The molecular formula is C13H24F2N4O3. The zero-order valence-corrected chi connectivity index (χ0v) is 13.2. The summed E-state index contributed by atoms with van der Waals surface area (Å²) < 4.78 is 31.1. The smallest absolute Gasteiger partial charge is 0.410 e. The molecule has 0 bridgehead atoms. The predicted octanol–water partition coefficient (Wildman–Crippen LogP) is 0.481. The zero-order chi connectivity index (χ0) is 17.0. The largest absolute Gasteiger partial charge is 0.444 e. The SMILES string of the molecule is CC(C)(C)OC(=O)N1CCN(C(N)=NCC(F)(F)CO)CC1. The first-order valence-electron chi connectivity index (χ1n) is 7.05. The van der Waals surface area contributed by atoms with E-state index in [4.69, 9.17) is 15.6 Å². The van der Waals surface area contributed by atoms with Crippen LogP contribution in [0, 0.1) is 0 Å². The molecule has 0 spiro atoms. The van der Waals surface area contributed by atoms with Crippen LogP contribution in [0.5, 0.6) is 0 Å². The van der Waals surface area contributed by atoms with E-state index in [0.29, 0.717) is 26.2 Å². The third kappa shape index (κ3) is 6.00. The fourth-order valence-corrected chi connectivity index (χ4v) is 1.79. The van der Waals surface area contributed by atoms with Gasteiger partial charge in [0.2, 0.25) is 0 Å². The number of ether oxygens (including phenoxy) is 1. The summed E-state index contributed by atoms with van der Waals surface area (Å²) in [6.45, 7) is 4.76. The van der Waals surface area contributed by atoms with Gasteiger partial charge in [0.1, 0.15) is 18.8 Å². The minimum atomic E-state index is -3.27. The van der Waals surface area contributed by atoms with Crippen molar-refractivity contribution in [2.24, 2.45) is 10.7 Å². The molecule has 0 unspecified atom stereocenters. The Morgan fingerprint density at radius 1 is 1.23 bits per heavy atom. The second kappa shape index (κ2) is 7.08. The Morgan fingerprint density at radius 2 is 1.73 bits per heavy atom. The first kappa shape index (κ1) is 18.4. The molecule has 3 N–H and O–H groups in total. The molecule has 0 aromatic rings. The number of nitrogens with zero attached hydrogens (tertiary/aromatic N) is 3. The number of aliphatic imine (C=N–C) groups is 1. The maximum Gasteiger partial charge on any atom is 0.410 e. The standard InChI is InChI=1S/C13H24F2N4O3/c1-12(2,3)22-11(21)19-6-4-18(5-7-19)10(16)17-8-13(14,15)9-20/h20H,4-9H2,1-3H3,(H2,16,17). The lowest BCUT2D eigenvalue weighted by Gasteiger charge is -2.36. The fourth-order valence-electron chi connectivity index (χ4n) is 1.79. The lowest BCUT2D eigenvalue weighted by Crippen LogP contribution is -2.53. The summed E-state index contributed by atoms with van der Waals surface area (Å²) in [5, 5.41) is 8.47. The maximum atomic E-state index is 12.9. The first-order valence-corrected chi connectivity index (χ1v) is 7.05. The van der Waals surface area contributed by atoms with E-state index < -0.39 is 30.8 Å². The molecule has 0 saturated carbocycles. The van der Waals surface area contributed by atoms with Crippen LogP contribution in [0.4, 0.5) is 13.6 Å². The number of aliphatic hydroxyl groups excluding tert-OH is 1. The quantitative estimate of drug-likeness (QED) is 0.582. The van der Waals surface area contributed by atoms with E-state index >= 15 is 0 Å². The topological polar surface area (TPSA) is 91.4 Å². The molecular weight excluding hydrogens is 298 g/mol. The molecule has 1 fully saturated rings. The van der Waals surface area contributed by atoms with Crippen LogP contribution in [0.2, 0.25) is 0 Å². The van der Waals surface area contributed by atoms with E-state index in [2.05, 4.69) is 4.99 Å². The number of carbonyl (C=O) groups excluding carboxylic acids is 1. The monoisotopic (exact) mass is 322 g/mol. The normalized spacial score (nSPS) is 17.6. The van der Waals surface area contributed by atoms with Crippen LogP contribution >= 0.6 is 0 Å². The van der Waals surface area contributed by atoms with Gasteiger partial charge in [0.05, 0.1) is 0 Å². The van der Waals surface area contributed by atoms with Crippen molar-refractivity contribution in [3.05, 3.63) is 0 Å². The number of nitrogens with two attached hydrogens (primary N) is 1. The number of halogens is 2. The number of guanidine groups is 1. The van der Waals surface area contributed by atoms with E-state index in [9.17, 15) is 13.6 Å². The van der Waals surface area contributed by atoms with Crippen LogP contribution in [0.25, 0.3) is 0 Å². The summed E-state index contributed by atoms with van der Waals surface area (Å²) in [4.78, 5) is 18.6. The van der Waals surface area contributed by atoms with Gasteiger partial charge in [-0.05, 0) is 20.8 Å². The molecule has 1 aliphatic rings. The van der Waals surface area contributed by atoms with Crippen molar-refractivity contribution >= 4 is 12.1 Å². The van der Waals surface area contributed by atoms with Gasteiger partial charge in [-0.2, -0.15) is 0 Å². The fraction of sp³-hybridized carbons (Fsp3) is 0.846. The lowest BCUT2D eigenvalue weighted by atomic mass is 10.2. The van der Waals surface area contributed by atoms with Crippen LogP contribution in [-0.2, 0) is 4.74 Å². The van der Waals surface area contributed by atoms with Crippen molar-refractivity contribution in [3.8, 4) is 0 Å². The highest BCUT2D eigenvalue weighted by Crippen LogP contribution is 2.13. The van der Waals surface area contributed by atoms with Crippen molar-refractivity contribution < 1.29 is 23.4 Å². The summed E-state index contributed by atoms with van der Waals surface area (Å²) in [5.41, 5.74) is 5.09. The summed E-state index contributed by atoms with van der Waals surface area (Å²) in [7, 11) is 0. The first-order chi connectivity index (χ1) is 10.0. The number of alkyl halides is 2. The minimum Gasteiger partial charge on any atom is -0.444 e. The molecule has 1 amide bonds. The van der Waals surface area contributed by atoms with Crippen LogP contribution in [0.3, 0.4) is 0 Å². The average molecular weight is 322 g/mol. The van der Waals surface area contributed by atoms with Crippen molar-refractivity contribution in [2.45, 2.75) is 32.3 Å². The Morgan fingerprint density at radius 3 is 2.18 bits per heavy atom. The van der Waals surface area contributed by atoms with Crippen molar-refractivity contribution in [2.75, 3.05) is 39.3 Å². The van der Waals surface area contributed by atoms with Gasteiger partial charge >= 0.3 is 6.09 Å². The number of rotatable bonds is 3. The van der Waals surface area contributed by atoms with Crippen LogP contribution in [0.15, 0.2) is 4.99 Å². The number of hydrogen-bond donors (Lipinski definition) is 2. The number of amides is 1. The number of hydrogen-bond acceptors (Lipinski definition) is 4.